The zero-order valence-corrected chi connectivity index (χ0v) is 17.8. The molecule has 7 heteroatoms. The van der Waals surface area contributed by atoms with E-state index >= 15 is 0 Å². The predicted octanol–water partition coefficient (Wildman–Crippen LogP) is 2.27. The highest BCUT2D eigenvalue weighted by atomic mass is 16.5. The maximum Gasteiger partial charge on any atom is 0.255 e. The Hall–Kier alpha value is -3.35. The second kappa shape index (κ2) is 8.79. The number of nitrogens with one attached hydrogen (secondary N) is 2. The Balaban J connectivity index is 1.26. The average molecular weight is 421 g/mol. The lowest BCUT2D eigenvalue weighted by Crippen LogP contribution is -2.44. The summed E-state index contributed by atoms with van der Waals surface area (Å²) < 4.78 is 5.68. The van der Waals surface area contributed by atoms with Gasteiger partial charge in [0.1, 0.15) is 18.4 Å². The molecule has 1 saturated carbocycles. The fourth-order valence-electron chi connectivity index (χ4n) is 4.04. The van der Waals surface area contributed by atoms with Crippen molar-refractivity contribution in [3.63, 3.8) is 0 Å². The highest BCUT2D eigenvalue weighted by molar-refractivity contribution is 6.05. The Kier molecular flexibility index (Phi) is 5.93. The van der Waals surface area contributed by atoms with Gasteiger partial charge in [0.15, 0.2) is 0 Å². The normalized spacial score (nSPS) is 17.3. The molecule has 0 spiro atoms. The molecule has 1 atom stereocenters. The molecule has 1 aliphatic heterocycles. The summed E-state index contributed by atoms with van der Waals surface area (Å²) in [5, 5.41) is 5.43. The number of fused-ring (bicyclic) bond motifs is 1. The predicted molar refractivity (Wildman–Crippen MR) is 116 cm³/mol. The molecule has 162 valence electrons. The highest BCUT2D eigenvalue weighted by Gasteiger charge is 2.47. The standard InChI is InChI=1S/C24H27N3O4/c1-15-11-16(2)13-18(12-15)31-10-9-25-21(28)14-26-23(29)22-19-5-3-4-6-20(19)24(30)27(22)17-7-8-17/h3-6,11-13,17,22H,7-10,14H2,1-2H3,(H,25,28)(H,26,29). The molecule has 0 aromatic heterocycles. The summed E-state index contributed by atoms with van der Waals surface area (Å²) in [5.74, 6) is 0.0378. The van der Waals surface area contributed by atoms with Gasteiger partial charge in [-0.15, -0.1) is 0 Å². The first kappa shape index (κ1) is 20.9. The van der Waals surface area contributed by atoms with Crippen LogP contribution in [0.15, 0.2) is 42.5 Å². The topological polar surface area (TPSA) is 87.7 Å². The summed E-state index contributed by atoms with van der Waals surface area (Å²) in [4.78, 5) is 39.4. The minimum absolute atomic E-state index is 0.104. The summed E-state index contributed by atoms with van der Waals surface area (Å²) in [6.07, 6.45) is 1.81. The van der Waals surface area contributed by atoms with Crippen LogP contribution in [-0.2, 0) is 9.59 Å². The van der Waals surface area contributed by atoms with E-state index in [2.05, 4.69) is 16.7 Å². The summed E-state index contributed by atoms with van der Waals surface area (Å²) in [6, 6.07) is 12.6. The van der Waals surface area contributed by atoms with E-state index in [0.717, 1.165) is 29.7 Å². The zero-order chi connectivity index (χ0) is 22.0. The first-order chi connectivity index (χ1) is 14.9. The lowest BCUT2D eigenvalue weighted by atomic mass is 10.0. The van der Waals surface area contributed by atoms with E-state index in [9.17, 15) is 14.4 Å². The molecular weight excluding hydrogens is 394 g/mol. The Bertz CT molecular complexity index is 995. The first-order valence-corrected chi connectivity index (χ1v) is 10.6. The van der Waals surface area contributed by atoms with Gasteiger partial charge in [-0.3, -0.25) is 14.4 Å². The minimum atomic E-state index is -0.670. The summed E-state index contributed by atoms with van der Waals surface area (Å²) in [5.41, 5.74) is 3.52. The molecule has 7 nitrogen and oxygen atoms in total. The van der Waals surface area contributed by atoms with Crippen molar-refractivity contribution >= 4 is 17.7 Å². The molecule has 0 saturated heterocycles. The molecule has 1 unspecified atom stereocenters. The fraction of sp³-hybridized carbons (Fsp3) is 0.375. The largest absolute Gasteiger partial charge is 0.492 e. The van der Waals surface area contributed by atoms with Crippen molar-refractivity contribution in [2.75, 3.05) is 19.7 Å². The number of aryl methyl sites for hydroxylation is 2. The molecule has 2 aliphatic rings. The number of benzene rings is 2. The van der Waals surface area contributed by atoms with Crippen molar-refractivity contribution in [3.8, 4) is 5.75 Å². The third kappa shape index (κ3) is 4.71. The van der Waals surface area contributed by atoms with Crippen LogP contribution in [0.2, 0.25) is 0 Å². The van der Waals surface area contributed by atoms with E-state index < -0.39 is 6.04 Å². The lowest BCUT2D eigenvalue weighted by molar-refractivity contribution is -0.129. The van der Waals surface area contributed by atoms with Crippen molar-refractivity contribution in [1.82, 2.24) is 15.5 Å². The van der Waals surface area contributed by atoms with Crippen molar-refractivity contribution in [1.29, 1.82) is 0 Å². The fourth-order valence-corrected chi connectivity index (χ4v) is 4.04. The van der Waals surface area contributed by atoms with Gasteiger partial charge in [0.25, 0.3) is 5.91 Å². The second-order valence-corrected chi connectivity index (χ2v) is 8.17. The Labute approximate surface area is 181 Å². The summed E-state index contributed by atoms with van der Waals surface area (Å²) in [7, 11) is 0. The van der Waals surface area contributed by atoms with Crippen LogP contribution < -0.4 is 15.4 Å². The smallest absolute Gasteiger partial charge is 0.255 e. The van der Waals surface area contributed by atoms with Gasteiger partial charge >= 0.3 is 0 Å². The van der Waals surface area contributed by atoms with Gasteiger partial charge in [-0.25, -0.2) is 0 Å². The van der Waals surface area contributed by atoms with Gasteiger partial charge < -0.3 is 20.3 Å². The van der Waals surface area contributed by atoms with Crippen LogP contribution in [0.4, 0.5) is 0 Å². The molecule has 2 aromatic rings. The maximum absolute atomic E-state index is 12.9. The van der Waals surface area contributed by atoms with E-state index in [0.29, 0.717) is 24.3 Å². The molecule has 2 aromatic carbocycles. The number of carbonyl (C=O) groups excluding carboxylic acids is 3. The maximum atomic E-state index is 12.9. The minimum Gasteiger partial charge on any atom is -0.492 e. The average Bonchev–Trinajstić information content (AvgIpc) is 3.53. The van der Waals surface area contributed by atoms with E-state index in [-0.39, 0.29) is 30.3 Å². The molecule has 1 fully saturated rings. The van der Waals surface area contributed by atoms with Crippen LogP contribution in [-0.4, -0.2) is 48.4 Å². The molecular formula is C24H27N3O4. The molecule has 3 amide bonds. The summed E-state index contributed by atoms with van der Waals surface area (Å²) in [6.45, 7) is 4.53. The van der Waals surface area contributed by atoms with Gasteiger partial charge in [0, 0.05) is 11.6 Å². The van der Waals surface area contributed by atoms with Crippen LogP contribution >= 0.6 is 0 Å². The Morgan fingerprint density at radius 1 is 1.06 bits per heavy atom. The van der Waals surface area contributed by atoms with Crippen molar-refractivity contribution < 1.29 is 19.1 Å². The quantitative estimate of drug-likeness (QED) is 0.640. The molecule has 4 rings (SSSR count). The third-order valence-electron chi connectivity index (χ3n) is 5.50. The van der Waals surface area contributed by atoms with Crippen molar-refractivity contribution in [2.24, 2.45) is 0 Å². The number of rotatable bonds is 8. The van der Waals surface area contributed by atoms with Crippen LogP contribution in [0.3, 0.4) is 0 Å². The number of ether oxygens (including phenoxy) is 1. The number of amides is 3. The summed E-state index contributed by atoms with van der Waals surface area (Å²) >= 11 is 0. The molecule has 31 heavy (non-hydrogen) atoms. The van der Waals surface area contributed by atoms with Gasteiger partial charge in [-0.1, -0.05) is 24.3 Å². The molecule has 0 bridgehead atoms. The Morgan fingerprint density at radius 3 is 2.48 bits per heavy atom. The van der Waals surface area contributed by atoms with Crippen LogP contribution in [0.25, 0.3) is 0 Å². The van der Waals surface area contributed by atoms with E-state index in [1.165, 1.54) is 0 Å². The van der Waals surface area contributed by atoms with E-state index in [4.69, 9.17) is 4.74 Å². The van der Waals surface area contributed by atoms with Crippen molar-refractivity contribution in [2.45, 2.75) is 38.8 Å². The highest BCUT2D eigenvalue weighted by Crippen LogP contribution is 2.41. The van der Waals surface area contributed by atoms with Gasteiger partial charge in [0.2, 0.25) is 11.8 Å². The van der Waals surface area contributed by atoms with Crippen LogP contribution in [0.1, 0.15) is 45.9 Å². The lowest BCUT2D eigenvalue weighted by Gasteiger charge is -2.24. The van der Waals surface area contributed by atoms with Gasteiger partial charge in [-0.05, 0) is 61.6 Å². The number of carbonyl (C=O) groups is 3. The van der Waals surface area contributed by atoms with Crippen LogP contribution in [0, 0.1) is 13.8 Å². The first-order valence-electron chi connectivity index (χ1n) is 10.6. The SMILES string of the molecule is Cc1cc(C)cc(OCCNC(=O)CNC(=O)C2c3ccccc3C(=O)N2C2CC2)c1. The zero-order valence-electron chi connectivity index (χ0n) is 17.8. The third-order valence-corrected chi connectivity index (χ3v) is 5.50. The molecule has 1 aliphatic carbocycles. The number of hydrogen-bond acceptors (Lipinski definition) is 4. The monoisotopic (exact) mass is 421 g/mol. The number of nitrogens with zero attached hydrogens (tertiary/aromatic N) is 1. The van der Waals surface area contributed by atoms with Gasteiger partial charge in [0.05, 0.1) is 13.1 Å². The van der Waals surface area contributed by atoms with Crippen molar-refractivity contribution in [3.05, 3.63) is 64.7 Å². The van der Waals surface area contributed by atoms with E-state index in [1.807, 2.05) is 38.1 Å². The molecule has 0 radical (unpaired) electrons. The van der Waals surface area contributed by atoms with Gasteiger partial charge in [-0.2, -0.15) is 0 Å². The Morgan fingerprint density at radius 2 is 1.77 bits per heavy atom. The van der Waals surface area contributed by atoms with Crippen LogP contribution in [0.5, 0.6) is 5.75 Å². The second-order valence-electron chi connectivity index (χ2n) is 8.17. The number of hydrogen-bond donors (Lipinski definition) is 2. The van der Waals surface area contributed by atoms with E-state index in [1.54, 1.807) is 17.0 Å². The molecule has 2 N–H and O–H groups in total. The molecule has 1 heterocycles.